The molecule has 2 rings (SSSR count). The van der Waals surface area contributed by atoms with E-state index in [9.17, 15) is 13.2 Å². The van der Waals surface area contributed by atoms with Crippen molar-refractivity contribution in [1.29, 1.82) is 5.26 Å². The molecule has 0 bridgehead atoms. The molecule has 2 heterocycles. The molecule has 0 amide bonds. The molecule has 0 aliphatic carbocycles. The molecule has 0 atom stereocenters. The van der Waals surface area contributed by atoms with Crippen LogP contribution >= 0.6 is 0 Å². The van der Waals surface area contributed by atoms with E-state index in [4.69, 9.17) is 5.26 Å². The molecule has 0 radical (unpaired) electrons. The van der Waals surface area contributed by atoms with Crippen LogP contribution in [0, 0.1) is 18.3 Å². The summed E-state index contributed by atoms with van der Waals surface area (Å²) >= 11 is 0. The topological polar surface area (TPSA) is 54.5 Å². The molecule has 0 spiro atoms. The van der Waals surface area contributed by atoms with Crippen molar-refractivity contribution in [3.8, 4) is 11.9 Å². The Morgan fingerprint density at radius 1 is 1.33 bits per heavy atom. The van der Waals surface area contributed by atoms with Gasteiger partial charge in [0.2, 0.25) is 0 Å². The first-order chi connectivity index (χ1) is 8.41. The first-order valence-electron chi connectivity index (χ1n) is 4.92. The number of rotatable bonds is 1. The lowest BCUT2D eigenvalue weighted by atomic mass is 10.3. The number of aromatic nitrogens is 3. The summed E-state index contributed by atoms with van der Waals surface area (Å²) in [6.07, 6.45) is -3.20. The second-order valence-electron chi connectivity index (χ2n) is 3.60. The SMILES string of the molecule is Cc1cc(C(F)(F)F)nn1-c1ccc(C#N)cn1. The zero-order valence-corrected chi connectivity index (χ0v) is 9.23. The lowest BCUT2D eigenvalue weighted by molar-refractivity contribution is -0.141. The standard InChI is InChI=1S/C11H7F3N4/c1-7-4-9(11(12,13)14)17-18(7)10-3-2-8(5-15)6-16-10/h2-4,6H,1H3. The summed E-state index contributed by atoms with van der Waals surface area (Å²) in [4.78, 5) is 3.89. The van der Waals surface area contributed by atoms with Gasteiger partial charge in [-0.1, -0.05) is 0 Å². The molecule has 0 saturated heterocycles. The van der Waals surface area contributed by atoms with E-state index in [0.29, 0.717) is 11.3 Å². The van der Waals surface area contributed by atoms with Gasteiger partial charge >= 0.3 is 6.18 Å². The van der Waals surface area contributed by atoms with Gasteiger partial charge in [-0.15, -0.1) is 0 Å². The zero-order chi connectivity index (χ0) is 13.3. The molecule has 18 heavy (non-hydrogen) atoms. The maximum Gasteiger partial charge on any atom is 0.435 e. The van der Waals surface area contributed by atoms with Crippen molar-refractivity contribution in [1.82, 2.24) is 14.8 Å². The fourth-order valence-electron chi connectivity index (χ4n) is 1.42. The Bertz CT molecular complexity index is 605. The maximum absolute atomic E-state index is 12.5. The lowest BCUT2D eigenvalue weighted by Gasteiger charge is -2.03. The van der Waals surface area contributed by atoms with Crippen LogP contribution in [0.2, 0.25) is 0 Å². The molecule has 2 aromatic heterocycles. The van der Waals surface area contributed by atoms with Gasteiger partial charge in [0.15, 0.2) is 11.5 Å². The van der Waals surface area contributed by atoms with E-state index in [1.165, 1.54) is 25.3 Å². The number of hydrogen-bond donors (Lipinski definition) is 0. The van der Waals surface area contributed by atoms with Crippen LogP contribution in [-0.4, -0.2) is 14.8 Å². The predicted octanol–water partition coefficient (Wildman–Crippen LogP) is 2.47. The highest BCUT2D eigenvalue weighted by Gasteiger charge is 2.34. The van der Waals surface area contributed by atoms with Crippen molar-refractivity contribution in [2.24, 2.45) is 0 Å². The molecule has 2 aromatic rings. The third kappa shape index (κ3) is 2.18. The van der Waals surface area contributed by atoms with Crippen molar-refractivity contribution in [2.45, 2.75) is 13.1 Å². The molecule has 4 nitrogen and oxygen atoms in total. The van der Waals surface area contributed by atoms with E-state index in [1.807, 2.05) is 6.07 Å². The van der Waals surface area contributed by atoms with E-state index in [2.05, 4.69) is 10.1 Å². The molecule has 0 aromatic carbocycles. The van der Waals surface area contributed by atoms with Crippen molar-refractivity contribution >= 4 is 0 Å². The van der Waals surface area contributed by atoms with E-state index < -0.39 is 11.9 Å². The summed E-state index contributed by atoms with van der Waals surface area (Å²) in [6, 6.07) is 5.73. The molecular weight excluding hydrogens is 245 g/mol. The summed E-state index contributed by atoms with van der Waals surface area (Å²) < 4.78 is 38.5. The first-order valence-corrected chi connectivity index (χ1v) is 4.92. The molecule has 0 fully saturated rings. The second kappa shape index (κ2) is 4.14. The highest BCUT2D eigenvalue weighted by atomic mass is 19.4. The van der Waals surface area contributed by atoms with Crippen LogP contribution in [0.1, 0.15) is 17.0 Å². The number of pyridine rings is 1. The molecule has 0 N–H and O–H groups in total. The van der Waals surface area contributed by atoms with Gasteiger partial charge in [0.25, 0.3) is 0 Å². The Labute approximate surface area is 100 Å². The second-order valence-corrected chi connectivity index (χ2v) is 3.60. The Balaban J connectivity index is 2.45. The molecule has 92 valence electrons. The van der Waals surface area contributed by atoms with Crippen molar-refractivity contribution in [3.63, 3.8) is 0 Å². The first kappa shape index (κ1) is 12.1. The van der Waals surface area contributed by atoms with Crippen LogP contribution in [0.25, 0.3) is 5.82 Å². The molecule has 0 aliphatic rings. The lowest BCUT2D eigenvalue weighted by Crippen LogP contribution is -2.08. The molecular formula is C11H7F3N4. The van der Waals surface area contributed by atoms with Crippen LogP contribution in [0.5, 0.6) is 0 Å². The third-order valence-electron chi connectivity index (χ3n) is 2.27. The third-order valence-corrected chi connectivity index (χ3v) is 2.27. The van der Waals surface area contributed by atoms with Gasteiger partial charge in [0.05, 0.1) is 5.56 Å². The molecule has 0 aliphatic heterocycles. The van der Waals surface area contributed by atoms with Crippen LogP contribution in [-0.2, 0) is 6.18 Å². The largest absolute Gasteiger partial charge is 0.435 e. The van der Waals surface area contributed by atoms with E-state index >= 15 is 0 Å². The summed E-state index contributed by atoms with van der Waals surface area (Å²) in [6.45, 7) is 1.50. The number of nitriles is 1. The van der Waals surface area contributed by atoms with E-state index in [-0.39, 0.29) is 5.82 Å². The van der Waals surface area contributed by atoms with Crippen LogP contribution in [0.4, 0.5) is 13.2 Å². The van der Waals surface area contributed by atoms with Gasteiger partial charge in [-0.05, 0) is 25.1 Å². The fraction of sp³-hybridized carbons (Fsp3) is 0.182. The fourth-order valence-corrected chi connectivity index (χ4v) is 1.42. The maximum atomic E-state index is 12.5. The van der Waals surface area contributed by atoms with Gasteiger partial charge in [0.1, 0.15) is 6.07 Å². The van der Waals surface area contributed by atoms with Crippen molar-refractivity contribution < 1.29 is 13.2 Å². The Morgan fingerprint density at radius 2 is 2.06 bits per heavy atom. The summed E-state index contributed by atoms with van der Waals surface area (Å²) in [5.74, 6) is 0.238. The minimum absolute atomic E-state index is 0.238. The van der Waals surface area contributed by atoms with Gasteiger partial charge in [-0.2, -0.15) is 23.5 Å². The minimum atomic E-state index is -4.48. The predicted molar refractivity (Wildman–Crippen MR) is 55.8 cm³/mol. The number of nitrogens with zero attached hydrogens (tertiary/aromatic N) is 4. The van der Waals surface area contributed by atoms with Gasteiger partial charge in [-0.3, -0.25) is 0 Å². The molecule has 0 unspecified atom stereocenters. The number of halogens is 3. The smallest absolute Gasteiger partial charge is 0.236 e. The van der Waals surface area contributed by atoms with E-state index in [0.717, 1.165) is 10.7 Å². The monoisotopic (exact) mass is 252 g/mol. The van der Waals surface area contributed by atoms with Crippen LogP contribution < -0.4 is 0 Å². The molecule has 0 saturated carbocycles. The summed E-state index contributed by atoms with van der Waals surface area (Å²) in [5.41, 5.74) is -0.315. The zero-order valence-electron chi connectivity index (χ0n) is 9.23. The highest BCUT2D eigenvalue weighted by Crippen LogP contribution is 2.29. The van der Waals surface area contributed by atoms with Crippen LogP contribution in [0.15, 0.2) is 24.4 Å². The number of aryl methyl sites for hydroxylation is 1. The summed E-state index contributed by atoms with van der Waals surface area (Å²) in [5, 5.41) is 12.1. The Kier molecular flexibility index (Phi) is 2.79. The van der Waals surface area contributed by atoms with E-state index in [1.54, 1.807) is 0 Å². The Hall–Kier alpha value is -2.36. The van der Waals surface area contributed by atoms with Crippen molar-refractivity contribution in [2.75, 3.05) is 0 Å². The summed E-state index contributed by atoms with van der Waals surface area (Å²) in [7, 11) is 0. The number of alkyl halides is 3. The Morgan fingerprint density at radius 3 is 2.50 bits per heavy atom. The van der Waals surface area contributed by atoms with Crippen LogP contribution in [0.3, 0.4) is 0 Å². The highest BCUT2D eigenvalue weighted by molar-refractivity contribution is 5.33. The van der Waals surface area contributed by atoms with Crippen molar-refractivity contribution in [3.05, 3.63) is 41.3 Å². The minimum Gasteiger partial charge on any atom is -0.236 e. The molecule has 7 heteroatoms. The average molecular weight is 252 g/mol. The normalized spacial score (nSPS) is 11.3. The quantitative estimate of drug-likeness (QED) is 0.783. The van der Waals surface area contributed by atoms with Gasteiger partial charge in [-0.25, -0.2) is 9.67 Å². The number of hydrogen-bond acceptors (Lipinski definition) is 3. The van der Waals surface area contributed by atoms with Gasteiger partial charge in [0, 0.05) is 11.9 Å². The average Bonchev–Trinajstić information content (AvgIpc) is 2.71. The van der Waals surface area contributed by atoms with Gasteiger partial charge < -0.3 is 0 Å².